The van der Waals surface area contributed by atoms with Crippen LogP contribution in [0.5, 0.6) is 17.2 Å². The van der Waals surface area contributed by atoms with Crippen molar-refractivity contribution in [3.63, 3.8) is 0 Å². The average Bonchev–Trinajstić information content (AvgIpc) is 3.77. The number of unbranched alkanes of at least 4 members (excludes halogenated alkanes) is 2. The van der Waals surface area contributed by atoms with Crippen molar-refractivity contribution < 1.29 is 28.9 Å². The summed E-state index contributed by atoms with van der Waals surface area (Å²) in [6.45, 7) is 6.93. The number of aliphatic hydroxyl groups is 1. The minimum atomic E-state index is -0.980. The van der Waals surface area contributed by atoms with E-state index in [0.717, 1.165) is 36.1 Å². The highest BCUT2D eigenvalue weighted by atomic mass is 32.2. The summed E-state index contributed by atoms with van der Waals surface area (Å²) in [5.41, 5.74) is 3.03. The minimum absolute atomic E-state index is 0.0130. The molecule has 2 aliphatic rings. The van der Waals surface area contributed by atoms with Crippen LogP contribution in [0, 0.1) is 0 Å². The molecule has 1 aromatic heterocycles. The zero-order chi connectivity index (χ0) is 32.9. The predicted molar refractivity (Wildman–Crippen MR) is 184 cm³/mol. The lowest BCUT2D eigenvalue weighted by molar-refractivity contribution is -0.132. The van der Waals surface area contributed by atoms with Crippen LogP contribution in [0.3, 0.4) is 0 Å². The molecule has 1 amide bonds. The van der Waals surface area contributed by atoms with Crippen molar-refractivity contribution >= 4 is 45.7 Å². The summed E-state index contributed by atoms with van der Waals surface area (Å²) >= 11 is 2.73. The topological polar surface area (TPSA) is 111 Å². The highest BCUT2D eigenvalue weighted by Crippen LogP contribution is 2.46. The molecule has 2 atom stereocenters. The number of carbonyl (C=O) groups excluding carboxylic acids is 2. The van der Waals surface area contributed by atoms with Crippen LogP contribution in [-0.4, -0.2) is 46.3 Å². The van der Waals surface area contributed by atoms with Gasteiger partial charge in [0, 0.05) is 17.7 Å². The summed E-state index contributed by atoms with van der Waals surface area (Å²) in [4.78, 5) is 29.0. The molecule has 11 heteroatoms. The maximum Gasteiger partial charge on any atom is 0.301 e. The molecule has 0 saturated carbocycles. The standard InChI is InChI=1S/C36H37N3O6S2/c1-4-6-10-17-44-28-16-13-24(20-29(28)43-5-2)31-30(32(40)25-14-15-27-26(19-25)18-22(3)45-27)33(41)34(42)39(31)35-37-38-36(47-35)46-21-23-11-8-7-9-12-23/h7-9,11-16,19-20,22,31,40H,4-6,10,17-18,21H2,1-3H3. The van der Waals surface area contributed by atoms with Gasteiger partial charge in [-0.1, -0.05) is 79.3 Å². The maximum atomic E-state index is 13.8. The fourth-order valence-corrected chi connectivity index (χ4v) is 7.59. The zero-order valence-electron chi connectivity index (χ0n) is 26.6. The van der Waals surface area contributed by atoms with Crippen molar-refractivity contribution in [3.05, 3.63) is 94.6 Å². The van der Waals surface area contributed by atoms with E-state index in [1.165, 1.54) is 28.0 Å². The molecule has 47 heavy (non-hydrogen) atoms. The second kappa shape index (κ2) is 14.6. The highest BCUT2D eigenvalue weighted by molar-refractivity contribution is 8.00. The van der Waals surface area contributed by atoms with Gasteiger partial charge in [-0.2, -0.15) is 0 Å². The quantitative estimate of drug-likeness (QED) is 0.0381. The van der Waals surface area contributed by atoms with Crippen molar-refractivity contribution in [1.29, 1.82) is 0 Å². The molecule has 3 aromatic carbocycles. The number of aromatic nitrogens is 2. The van der Waals surface area contributed by atoms with Gasteiger partial charge in [-0.05, 0) is 67.3 Å². The van der Waals surface area contributed by atoms with Gasteiger partial charge in [0.25, 0.3) is 5.78 Å². The van der Waals surface area contributed by atoms with Crippen molar-refractivity contribution in [2.24, 2.45) is 0 Å². The molecule has 6 rings (SSSR count). The van der Waals surface area contributed by atoms with Crippen LogP contribution in [0.2, 0.25) is 0 Å². The Kier molecular flexibility index (Phi) is 10.1. The van der Waals surface area contributed by atoms with Gasteiger partial charge in [0.1, 0.15) is 17.6 Å². The number of aliphatic hydroxyl groups excluding tert-OH is 1. The Hall–Kier alpha value is -4.35. The van der Waals surface area contributed by atoms with Gasteiger partial charge in [-0.3, -0.25) is 14.5 Å². The molecule has 9 nitrogen and oxygen atoms in total. The highest BCUT2D eigenvalue weighted by Gasteiger charge is 2.48. The third-order valence-electron chi connectivity index (χ3n) is 8.01. The number of rotatable bonds is 13. The fraction of sp³-hybridized carbons (Fsp3) is 0.333. The van der Waals surface area contributed by atoms with E-state index in [1.807, 2.05) is 50.2 Å². The molecule has 1 fully saturated rings. The Morgan fingerprint density at radius 2 is 1.85 bits per heavy atom. The van der Waals surface area contributed by atoms with Crippen LogP contribution in [-0.2, 0) is 21.8 Å². The molecular weight excluding hydrogens is 635 g/mol. The van der Waals surface area contributed by atoms with E-state index in [4.69, 9.17) is 14.2 Å². The first-order valence-corrected chi connectivity index (χ1v) is 17.7. The number of thioether (sulfide) groups is 1. The number of nitrogens with zero attached hydrogens (tertiary/aromatic N) is 3. The van der Waals surface area contributed by atoms with E-state index < -0.39 is 17.7 Å². The summed E-state index contributed by atoms with van der Waals surface area (Å²) < 4.78 is 18.5. The minimum Gasteiger partial charge on any atom is -0.507 e. The number of amides is 1. The third kappa shape index (κ3) is 7.01. The van der Waals surface area contributed by atoms with Crippen LogP contribution in [0.1, 0.15) is 68.3 Å². The molecule has 1 saturated heterocycles. The Morgan fingerprint density at radius 1 is 1.02 bits per heavy atom. The number of carbonyl (C=O) groups is 2. The van der Waals surface area contributed by atoms with E-state index >= 15 is 0 Å². The molecule has 0 spiro atoms. The Morgan fingerprint density at radius 3 is 2.64 bits per heavy atom. The summed E-state index contributed by atoms with van der Waals surface area (Å²) in [5.74, 6) is 0.637. The van der Waals surface area contributed by atoms with Gasteiger partial charge in [0.05, 0.1) is 24.8 Å². The van der Waals surface area contributed by atoms with E-state index in [1.54, 1.807) is 30.3 Å². The zero-order valence-corrected chi connectivity index (χ0v) is 28.2. The molecule has 2 aliphatic heterocycles. The first-order chi connectivity index (χ1) is 22.9. The summed E-state index contributed by atoms with van der Waals surface area (Å²) in [7, 11) is 0. The molecule has 4 aromatic rings. The van der Waals surface area contributed by atoms with Crippen LogP contribution in [0.25, 0.3) is 5.76 Å². The van der Waals surface area contributed by atoms with Crippen molar-refractivity contribution in [1.82, 2.24) is 10.2 Å². The number of hydrogen-bond donors (Lipinski definition) is 1. The van der Waals surface area contributed by atoms with Crippen molar-refractivity contribution in [3.8, 4) is 17.2 Å². The Bertz CT molecular complexity index is 1790. The molecule has 0 radical (unpaired) electrons. The lowest BCUT2D eigenvalue weighted by atomic mass is 9.94. The normalized spacial score (nSPS) is 18.3. The SMILES string of the molecule is CCCCCOc1ccc(C2C(=C(O)c3ccc4c(c3)CC(C)O4)C(=O)C(=O)N2c2nnc(SCc3ccccc3)s2)cc1OCC. The molecule has 0 bridgehead atoms. The number of ketones is 1. The first-order valence-electron chi connectivity index (χ1n) is 15.9. The maximum absolute atomic E-state index is 13.8. The lowest BCUT2D eigenvalue weighted by Crippen LogP contribution is -2.29. The number of hydrogen-bond acceptors (Lipinski definition) is 10. The summed E-state index contributed by atoms with van der Waals surface area (Å²) in [6, 6.07) is 19.7. The average molecular weight is 672 g/mol. The number of anilines is 1. The smallest absolute Gasteiger partial charge is 0.301 e. The number of fused-ring (bicyclic) bond motifs is 1. The first kappa shape index (κ1) is 32.6. The number of ether oxygens (including phenoxy) is 3. The molecule has 2 unspecified atom stereocenters. The van der Waals surface area contributed by atoms with E-state index in [-0.39, 0.29) is 22.6 Å². The predicted octanol–water partition coefficient (Wildman–Crippen LogP) is 7.75. The lowest BCUT2D eigenvalue weighted by Gasteiger charge is -2.23. The largest absolute Gasteiger partial charge is 0.507 e. The van der Waals surface area contributed by atoms with Gasteiger partial charge < -0.3 is 19.3 Å². The van der Waals surface area contributed by atoms with Gasteiger partial charge in [-0.25, -0.2) is 0 Å². The monoisotopic (exact) mass is 671 g/mol. The van der Waals surface area contributed by atoms with E-state index in [2.05, 4.69) is 17.1 Å². The Labute approximate surface area is 282 Å². The molecule has 0 aliphatic carbocycles. The van der Waals surface area contributed by atoms with Crippen LogP contribution in [0.15, 0.2) is 76.6 Å². The summed E-state index contributed by atoms with van der Waals surface area (Å²) in [5, 5.41) is 20.7. The fourth-order valence-electron chi connectivity index (χ4n) is 5.76. The molecule has 3 heterocycles. The van der Waals surface area contributed by atoms with Gasteiger partial charge in [-0.15, -0.1) is 10.2 Å². The second-order valence-corrected chi connectivity index (χ2v) is 13.6. The number of benzene rings is 3. The van der Waals surface area contributed by atoms with Gasteiger partial charge in [0.15, 0.2) is 15.8 Å². The second-order valence-electron chi connectivity index (χ2n) is 11.4. The van der Waals surface area contributed by atoms with E-state index in [0.29, 0.717) is 52.4 Å². The molecule has 244 valence electrons. The number of Topliss-reactive ketones (excluding diaryl/α,β-unsaturated/α-hetero) is 1. The van der Waals surface area contributed by atoms with Crippen LogP contribution >= 0.6 is 23.1 Å². The molecular formula is C36H37N3O6S2. The van der Waals surface area contributed by atoms with Gasteiger partial charge >= 0.3 is 5.91 Å². The van der Waals surface area contributed by atoms with Crippen LogP contribution in [0.4, 0.5) is 5.13 Å². The van der Waals surface area contributed by atoms with Crippen molar-refractivity contribution in [2.75, 3.05) is 18.1 Å². The van der Waals surface area contributed by atoms with Crippen LogP contribution < -0.4 is 19.1 Å². The van der Waals surface area contributed by atoms with E-state index in [9.17, 15) is 14.7 Å². The third-order valence-corrected chi connectivity index (χ3v) is 10.1. The van der Waals surface area contributed by atoms with Crippen molar-refractivity contribution in [2.45, 2.75) is 68.7 Å². The van der Waals surface area contributed by atoms with Gasteiger partial charge in [0.2, 0.25) is 5.13 Å². The summed E-state index contributed by atoms with van der Waals surface area (Å²) in [6.07, 6.45) is 3.74. The Balaban J connectivity index is 1.40. The molecule has 1 N–H and O–H groups in total.